The van der Waals surface area contributed by atoms with Crippen molar-refractivity contribution in [1.82, 2.24) is 0 Å². The van der Waals surface area contributed by atoms with Crippen LogP contribution in [0.1, 0.15) is 11.1 Å². The molecule has 28 heavy (non-hydrogen) atoms. The van der Waals surface area contributed by atoms with Gasteiger partial charge in [0.2, 0.25) is 0 Å². The summed E-state index contributed by atoms with van der Waals surface area (Å²) in [6.07, 6.45) is 0. The van der Waals surface area contributed by atoms with Crippen molar-refractivity contribution in [1.29, 1.82) is 0 Å². The predicted molar refractivity (Wildman–Crippen MR) is 120 cm³/mol. The van der Waals surface area contributed by atoms with Crippen molar-refractivity contribution >= 4 is 51.5 Å². The lowest BCUT2D eigenvalue weighted by Gasteiger charge is -2.15. The first-order valence-corrected chi connectivity index (χ1v) is 10.2. The van der Waals surface area contributed by atoms with E-state index in [2.05, 4.69) is 27.9 Å². The van der Waals surface area contributed by atoms with Gasteiger partial charge in [-0.3, -0.25) is 0 Å². The van der Waals surface area contributed by atoms with Crippen LogP contribution in [0.2, 0.25) is 10.0 Å². The van der Waals surface area contributed by atoms with Gasteiger partial charge < -0.3 is 14.8 Å². The molecule has 7 heteroatoms. The zero-order chi connectivity index (χ0) is 20.1. The van der Waals surface area contributed by atoms with Crippen molar-refractivity contribution in [2.24, 2.45) is 0 Å². The number of halogens is 4. The van der Waals surface area contributed by atoms with Gasteiger partial charge in [-0.2, -0.15) is 0 Å². The molecule has 1 N–H and O–H groups in total. The van der Waals surface area contributed by atoms with Gasteiger partial charge in [0, 0.05) is 17.8 Å². The lowest BCUT2D eigenvalue weighted by molar-refractivity contribution is 0.277. The number of hydrogen-bond donors (Lipinski definition) is 1. The Kier molecular flexibility index (Phi) is 7.26. The van der Waals surface area contributed by atoms with Crippen molar-refractivity contribution in [2.45, 2.75) is 13.2 Å². The van der Waals surface area contributed by atoms with Crippen molar-refractivity contribution in [3.8, 4) is 11.5 Å². The SMILES string of the molecule is COc1cc(CNc2ccc(Cl)c(Cl)c2)cc(I)c1OCc1ccccc1F. The van der Waals surface area contributed by atoms with Crippen molar-refractivity contribution in [3.63, 3.8) is 0 Å². The Labute approximate surface area is 186 Å². The van der Waals surface area contributed by atoms with E-state index in [1.165, 1.54) is 6.07 Å². The number of ether oxygens (including phenoxy) is 2. The summed E-state index contributed by atoms with van der Waals surface area (Å²) >= 11 is 14.2. The molecule has 0 saturated carbocycles. The molecule has 0 spiro atoms. The average Bonchev–Trinajstić information content (AvgIpc) is 2.68. The van der Waals surface area contributed by atoms with Crippen LogP contribution in [0.3, 0.4) is 0 Å². The first kappa shape index (κ1) is 21.0. The summed E-state index contributed by atoms with van der Waals surface area (Å²) in [5.74, 6) is 0.887. The summed E-state index contributed by atoms with van der Waals surface area (Å²) in [6.45, 7) is 0.692. The second kappa shape index (κ2) is 9.67. The minimum absolute atomic E-state index is 0.125. The summed E-state index contributed by atoms with van der Waals surface area (Å²) in [5, 5.41) is 4.31. The van der Waals surface area contributed by atoms with Gasteiger partial charge in [0.1, 0.15) is 12.4 Å². The molecule has 0 fully saturated rings. The second-order valence-corrected chi connectivity index (χ2v) is 7.95. The monoisotopic (exact) mass is 531 g/mol. The fourth-order valence-electron chi connectivity index (χ4n) is 2.59. The highest BCUT2D eigenvalue weighted by atomic mass is 127. The molecule has 0 aromatic heterocycles. The van der Waals surface area contributed by atoms with Gasteiger partial charge in [-0.25, -0.2) is 4.39 Å². The maximum Gasteiger partial charge on any atom is 0.174 e. The molecule has 0 saturated heterocycles. The Morgan fingerprint density at radius 3 is 2.54 bits per heavy atom. The molecule has 3 rings (SSSR count). The summed E-state index contributed by atoms with van der Waals surface area (Å²) < 4.78 is 26.0. The van der Waals surface area contributed by atoms with Crippen molar-refractivity contribution in [3.05, 3.63) is 85.2 Å². The fraction of sp³-hybridized carbons (Fsp3) is 0.143. The third-order valence-corrected chi connectivity index (χ3v) is 5.58. The maximum absolute atomic E-state index is 13.8. The molecule has 146 valence electrons. The van der Waals surface area contributed by atoms with Crippen LogP contribution in [0.4, 0.5) is 10.1 Å². The molecule has 0 unspecified atom stereocenters. The van der Waals surface area contributed by atoms with Crippen LogP contribution in [0.25, 0.3) is 0 Å². The first-order valence-electron chi connectivity index (χ1n) is 8.39. The zero-order valence-electron chi connectivity index (χ0n) is 14.9. The molecular formula is C21H17Cl2FINO2. The molecule has 0 amide bonds. The van der Waals surface area contributed by atoms with E-state index in [-0.39, 0.29) is 12.4 Å². The van der Waals surface area contributed by atoms with Gasteiger partial charge in [0.15, 0.2) is 11.5 Å². The average molecular weight is 532 g/mol. The Morgan fingerprint density at radius 2 is 1.82 bits per heavy atom. The molecule has 3 aromatic rings. The Morgan fingerprint density at radius 1 is 1.04 bits per heavy atom. The van der Waals surface area contributed by atoms with Gasteiger partial charge >= 0.3 is 0 Å². The van der Waals surface area contributed by atoms with Gasteiger partial charge in [-0.15, -0.1) is 0 Å². The normalized spacial score (nSPS) is 10.6. The molecule has 0 atom stereocenters. The highest BCUT2D eigenvalue weighted by molar-refractivity contribution is 14.1. The summed E-state index contributed by atoms with van der Waals surface area (Å²) in [6, 6.07) is 15.8. The summed E-state index contributed by atoms with van der Waals surface area (Å²) in [4.78, 5) is 0. The van der Waals surface area contributed by atoms with E-state index in [1.807, 2.05) is 18.2 Å². The molecule has 0 aliphatic heterocycles. The molecule has 0 radical (unpaired) electrons. The molecule has 0 bridgehead atoms. The summed E-state index contributed by atoms with van der Waals surface area (Å²) in [5.41, 5.74) is 2.36. The number of nitrogens with one attached hydrogen (secondary N) is 1. The van der Waals surface area contributed by atoms with Crippen molar-refractivity contribution in [2.75, 3.05) is 12.4 Å². The predicted octanol–water partition coefficient (Wildman–Crippen LogP) is 6.94. The van der Waals surface area contributed by atoms with Crippen LogP contribution in [0.15, 0.2) is 54.6 Å². The highest BCUT2D eigenvalue weighted by Crippen LogP contribution is 2.35. The summed E-state index contributed by atoms with van der Waals surface area (Å²) in [7, 11) is 1.58. The minimum atomic E-state index is -0.293. The molecule has 0 aliphatic carbocycles. The van der Waals surface area contributed by atoms with Crippen LogP contribution in [0.5, 0.6) is 11.5 Å². The molecule has 3 nitrogen and oxygen atoms in total. The number of benzene rings is 3. The first-order chi connectivity index (χ1) is 13.5. The van der Waals surface area contributed by atoms with Crippen LogP contribution in [-0.2, 0) is 13.2 Å². The van der Waals surface area contributed by atoms with Crippen LogP contribution >= 0.6 is 45.8 Å². The van der Waals surface area contributed by atoms with E-state index in [9.17, 15) is 4.39 Å². The Balaban J connectivity index is 1.73. The van der Waals surface area contributed by atoms with Crippen LogP contribution in [0, 0.1) is 9.39 Å². The lowest BCUT2D eigenvalue weighted by atomic mass is 10.2. The van der Waals surface area contributed by atoms with E-state index >= 15 is 0 Å². The maximum atomic E-state index is 13.8. The van der Waals surface area contributed by atoms with Gasteiger partial charge in [-0.05, 0) is 64.6 Å². The smallest absolute Gasteiger partial charge is 0.174 e. The van der Waals surface area contributed by atoms with Gasteiger partial charge in [-0.1, -0.05) is 41.4 Å². The van der Waals surface area contributed by atoms with Gasteiger partial charge in [0.05, 0.1) is 20.7 Å². The number of rotatable bonds is 7. The minimum Gasteiger partial charge on any atom is -0.493 e. The van der Waals surface area contributed by atoms with E-state index in [0.29, 0.717) is 33.7 Å². The van der Waals surface area contributed by atoms with E-state index in [1.54, 1.807) is 37.4 Å². The van der Waals surface area contributed by atoms with Gasteiger partial charge in [0.25, 0.3) is 0 Å². The largest absolute Gasteiger partial charge is 0.493 e. The van der Waals surface area contributed by atoms with E-state index in [4.69, 9.17) is 32.7 Å². The third-order valence-electron chi connectivity index (χ3n) is 4.04. The number of anilines is 1. The Bertz CT molecular complexity index is 985. The molecule has 3 aromatic carbocycles. The number of hydrogen-bond acceptors (Lipinski definition) is 3. The third kappa shape index (κ3) is 5.21. The number of methoxy groups -OCH3 is 1. The molecule has 0 aliphatic rings. The van der Waals surface area contributed by atoms with Crippen LogP contribution in [-0.4, -0.2) is 7.11 Å². The zero-order valence-corrected chi connectivity index (χ0v) is 18.6. The fourth-order valence-corrected chi connectivity index (χ4v) is 3.71. The van der Waals surface area contributed by atoms with E-state index in [0.717, 1.165) is 14.8 Å². The lowest BCUT2D eigenvalue weighted by Crippen LogP contribution is -2.04. The quantitative estimate of drug-likeness (QED) is 0.335. The second-order valence-electron chi connectivity index (χ2n) is 5.97. The topological polar surface area (TPSA) is 30.5 Å². The Hall–Kier alpha value is -1.70. The van der Waals surface area contributed by atoms with E-state index < -0.39 is 0 Å². The highest BCUT2D eigenvalue weighted by Gasteiger charge is 2.13. The van der Waals surface area contributed by atoms with Crippen LogP contribution < -0.4 is 14.8 Å². The molecular weight excluding hydrogens is 515 g/mol. The molecule has 0 heterocycles. The van der Waals surface area contributed by atoms with Crippen molar-refractivity contribution < 1.29 is 13.9 Å². The standard InChI is InChI=1S/C21H17Cl2FINO2/c1-27-20-9-13(11-26-15-6-7-16(22)17(23)10-15)8-19(25)21(20)28-12-14-4-2-3-5-18(14)24/h2-10,26H,11-12H2,1H3.